The maximum Gasteiger partial charge on any atom is 0.203 e. The van der Waals surface area contributed by atoms with Crippen molar-refractivity contribution in [1.82, 2.24) is 0 Å². The van der Waals surface area contributed by atoms with E-state index in [-0.39, 0.29) is 34.3 Å². The van der Waals surface area contributed by atoms with Gasteiger partial charge in [-0.3, -0.25) is 4.79 Å². The molecule has 8 nitrogen and oxygen atoms in total. The molecule has 0 radical (unpaired) electrons. The van der Waals surface area contributed by atoms with E-state index in [4.69, 9.17) is 18.9 Å². The van der Waals surface area contributed by atoms with Crippen LogP contribution in [0.1, 0.15) is 22.0 Å². The monoisotopic (exact) mass is 362 g/mol. The molecule has 0 aliphatic carbocycles. The van der Waals surface area contributed by atoms with Crippen molar-refractivity contribution in [2.75, 3.05) is 21.3 Å². The normalized spacial score (nSPS) is 18.7. The van der Waals surface area contributed by atoms with Crippen molar-refractivity contribution in [3.05, 3.63) is 35.4 Å². The lowest BCUT2D eigenvalue weighted by Gasteiger charge is -2.30. The van der Waals surface area contributed by atoms with E-state index >= 15 is 0 Å². The first kappa shape index (κ1) is 17.7. The number of fused-ring (bicyclic) bond motifs is 1. The van der Waals surface area contributed by atoms with Gasteiger partial charge in [-0.2, -0.15) is 0 Å². The van der Waals surface area contributed by atoms with Crippen molar-refractivity contribution in [3.63, 3.8) is 0 Å². The van der Waals surface area contributed by atoms with Gasteiger partial charge in [0.25, 0.3) is 0 Å². The van der Waals surface area contributed by atoms with Gasteiger partial charge in [0.05, 0.1) is 21.3 Å². The minimum Gasteiger partial charge on any atom is -0.507 e. The van der Waals surface area contributed by atoms with Gasteiger partial charge in [-0.1, -0.05) is 0 Å². The summed E-state index contributed by atoms with van der Waals surface area (Å²) in [6.45, 7) is 0. The van der Waals surface area contributed by atoms with Crippen molar-refractivity contribution >= 4 is 5.78 Å². The Kier molecular flexibility index (Phi) is 4.52. The Balaban J connectivity index is 2.09. The Hall–Kier alpha value is -3.13. The molecule has 2 aromatic rings. The van der Waals surface area contributed by atoms with Crippen LogP contribution in [-0.2, 0) is 0 Å². The molecule has 0 aromatic heterocycles. The fourth-order valence-electron chi connectivity index (χ4n) is 2.90. The second kappa shape index (κ2) is 6.64. The minimum atomic E-state index is -1.58. The summed E-state index contributed by atoms with van der Waals surface area (Å²) < 4.78 is 21.0. The molecule has 138 valence electrons. The second-order valence-corrected chi connectivity index (χ2v) is 5.64. The van der Waals surface area contributed by atoms with E-state index in [0.29, 0.717) is 11.3 Å². The number of hydrogen-bond acceptors (Lipinski definition) is 8. The fourth-order valence-corrected chi connectivity index (χ4v) is 2.90. The van der Waals surface area contributed by atoms with Crippen molar-refractivity contribution in [2.45, 2.75) is 12.2 Å². The number of carbonyl (C=O) groups excluding carboxylic acids is 1. The molecule has 0 fully saturated rings. The zero-order valence-electron chi connectivity index (χ0n) is 14.3. The highest BCUT2D eigenvalue weighted by atomic mass is 16.5. The Labute approximate surface area is 149 Å². The SMILES string of the molecule is COc1cc(O)c2c(c1)OC(c1cc(O)c(OC)c(OC)c1)C(O)C2=O. The van der Waals surface area contributed by atoms with Gasteiger partial charge >= 0.3 is 0 Å². The number of carbonyl (C=O) groups is 1. The van der Waals surface area contributed by atoms with Crippen LogP contribution in [0.4, 0.5) is 0 Å². The molecule has 0 spiro atoms. The van der Waals surface area contributed by atoms with E-state index in [9.17, 15) is 20.1 Å². The summed E-state index contributed by atoms with van der Waals surface area (Å²) in [6.07, 6.45) is -2.70. The van der Waals surface area contributed by atoms with Crippen LogP contribution in [0.2, 0.25) is 0 Å². The average Bonchev–Trinajstić information content (AvgIpc) is 2.63. The van der Waals surface area contributed by atoms with Crippen LogP contribution in [0, 0.1) is 0 Å². The van der Waals surface area contributed by atoms with E-state index in [0.717, 1.165) is 0 Å². The first-order chi connectivity index (χ1) is 12.4. The highest BCUT2D eigenvalue weighted by Crippen LogP contribution is 2.45. The number of ketones is 1. The molecule has 0 saturated carbocycles. The molecule has 3 rings (SSSR count). The first-order valence-corrected chi connectivity index (χ1v) is 7.66. The van der Waals surface area contributed by atoms with Crippen LogP contribution in [-0.4, -0.2) is 48.5 Å². The molecule has 2 aromatic carbocycles. The van der Waals surface area contributed by atoms with Crippen LogP contribution in [0.15, 0.2) is 24.3 Å². The van der Waals surface area contributed by atoms with Gasteiger partial charge in [0, 0.05) is 17.7 Å². The van der Waals surface area contributed by atoms with Crippen molar-refractivity contribution in [1.29, 1.82) is 0 Å². The van der Waals surface area contributed by atoms with Gasteiger partial charge in [-0.05, 0) is 12.1 Å². The molecule has 1 heterocycles. The van der Waals surface area contributed by atoms with Crippen LogP contribution in [0.25, 0.3) is 0 Å². The topological polar surface area (TPSA) is 115 Å². The van der Waals surface area contributed by atoms with E-state index in [2.05, 4.69) is 0 Å². The summed E-state index contributed by atoms with van der Waals surface area (Å²) in [5.74, 6) is -0.597. The van der Waals surface area contributed by atoms with Crippen molar-refractivity contribution in [2.24, 2.45) is 0 Å². The molecule has 1 aliphatic heterocycles. The van der Waals surface area contributed by atoms with Crippen LogP contribution in [0.3, 0.4) is 0 Å². The number of ether oxygens (including phenoxy) is 4. The molecule has 2 unspecified atom stereocenters. The number of aliphatic hydroxyl groups is 1. The maximum atomic E-state index is 12.5. The molecular formula is C18H18O8. The lowest BCUT2D eigenvalue weighted by Crippen LogP contribution is -2.36. The number of aliphatic hydroxyl groups excluding tert-OH is 1. The predicted octanol–water partition coefficient (Wildman–Crippen LogP) is 1.80. The minimum absolute atomic E-state index is 0.0661. The summed E-state index contributed by atoms with van der Waals surface area (Å²) in [4.78, 5) is 12.5. The van der Waals surface area contributed by atoms with Gasteiger partial charge in [-0.15, -0.1) is 0 Å². The zero-order valence-corrected chi connectivity index (χ0v) is 14.3. The lowest BCUT2D eigenvalue weighted by atomic mass is 9.92. The van der Waals surface area contributed by atoms with Gasteiger partial charge in [0.2, 0.25) is 11.5 Å². The van der Waals surface area contributed by atoms with E-state index < -0.39 is 18.0 Å². The van der Waals surface area contributed by atoms with E-state index in [1.165, 1.54) is 45.6 Å². The number of methoxy groups -OCH3 is 3. The molecule has 3 N–H and O–H groups in total. The molecule has 26 heavy (non-hydrogen) atoms. The zero-order chi connectivity index (χ0) is 19.0. The fraction of sp³-hybridized carbons (Fsp3) is 0.278. The quantitative estimate of drug-likeness (QED) is 0.754. The number of phenolic OH excluding ortho intramolecular Hbond substituents is 2. The van der Waals surface area contributed by atoms with E-state index in [1.807, 2.05) is 0 Å². The van der Waals surface area contributed by atoms with Crippen molar-refractivity contribution in [3.8, 4) is 34.5 Å². The van der Waals surface area contributed by atoms with Crippen LogP contribution in [0.5, 0.6) is 34.5 Å². The average molecular weight is 362 g/mol. The third kappa shape index (κ3) is 2.74. The molecule has 8 heteroatoms. The van der Waals surface area contributed by atoms with Gasteiger partial charge in [0.15, 0.2) is 23.7 Å². The van der Waals surface area contributed by atoms with Gasteiger partial charge in [-0.25, -0.2) is 0 Å². The maximum absolute atomic E-state index is 12.5. The number of Topliss-reactive ketones (excluding diaryl/α,β-unsaturated/α-hetero) is 1. The summed E-state index contributed by atoms with van der Waals surface area (Å²) >= 11 is 0. The summed E-state index contributed by atoms with van der Waals surface area (Å²) in [5.41, 5.74) is 0.174. The van der Waals surface area contributed by atoms with Crippen LogP contribution < -0.4 is 18.9 Å². The Morgan fingerprint density at radius 3 is 2.31 bits per heavy atom. The van der Waals surface area contributed by atoms with Gasteiger partial charge in [0.1, 0.15) is 22.8 Å². The van der Waals surface area contributed by atoms with Crippen LogP contribution >= 0.6 is 0 Å². The Morgan fingerprint density at radius 1 is 0.962 bits per heavy atom. The third-order valence-electron chi connectivity index (χ3n) is 4.16. The van der Waals surface area contributed by atoms with Crippen molar-refractivity contribution < 1.29 is 39.1 Å². The predicted molar refractivity (Wildman–Crippen MR) is 89.6 cm³/mol. The largest absolute Gasteiger partial charge is 0.507 e. The summed E-state index contributed by atoms with van der Waals surface area (Å²) in [5, 5.41) is 30.6. The molecule has 0 saturated heterocycles. The Bertz CT molecular complexity index is 861. The molecule has 0 bridgehead atoms. The molecule has 2 atom stereocenters. The molecule has 1 aliphatic rings. The highest BCUT2D eigenvalue weighted by Gasteiger charge is 2.39. The number of benzene rings is 2. The number of rotatable bonds is 4. The lowest BCUT2D eigenvalue weighted by molar-refractivity contribution is 0.0209. The van der Waals surface area contributed by atoms with E-state index in [1.54, 1.807) is 0 Å². The first-order valence-electron chi connectivity index (χ1n) is 7.66. The Morgan fingerprint density at radius 2 is 1.69 bits per heavy atom. The standard InChI is InChI=1S/C18H18O8/c1-23-9-6-10(19)14-12(7-9)26-17(16(22)15(14)21)8-4-11(20)18(25-3)13(5-8)24-2/h4-7,16-17,19-20,22H,1-3H3. The second-order valence-electron chi connectivity index (χ2n) is 5.64. The summed E-state index contributed by atoms with van der Waals surface area (Å²) in [7, 11) is 4.17. The third-order valence-corrected chi connectivity index (χ3v) is 4.16. The van der Waals surface area contributed by atoms with Gasteiger partial charge < -0.3 is 34.3 Å². The highest BCUT2D eigenvalue weighted by molar-refractivity contribution is 6.05. The number of hydrogen-bond donors (Lipinski definition) is 3. The summed E-state index contributed by atoms with van der Waals surface area (Å²) in [6, 6.07) is 5.50. The smallest absolute Gasteiger partial charge is 0.203 e. The molecular weight excluding hydrogens is 344 g/mol. The molecule has 0 amide bonds. The number of aromatic hydroxyl groups is 2. The number of phenols is 2.